The standard InChI is InChI=1S/C23H26N6O3S/c1-32-18-5-8-22-20(13-18)21(14-24-22)16-9-11-28(12-10-16)15-23-25-26-27-29(23)17-3-6-19(7-4-17)33(2,30)31/h3-8,13-14,16,24H,9-12,15H2,1-2H3. The maximum atomic E-state index is 11.7. The summed E-state index contributed by atoms with van der Waals surface area (Å²) in [6.45, 7) is 2.53. The van der Waals surface area contributed by atoms with Gasteiger partial charge in [0, 0.05) is 23.4 Å². The maximum absolute atomic E-state index is 11.7. The molecule has 0 aliphatic carbocycles. The van der Waals surface area contributed by atoms with Crippen molar-refractivity contribution in [2.45, 2.75) is 30.2 Å². The van der Waals surface area contributed by atoms with Crippen LogP contribution in [0.5, 0.6) is 5.75 Å². The summed E-state index contributed by atoms with van der Waals surface area (Å²) in [4.78, 5) is 6.02. The zero-order chi connectivity index (χ0) is 23.0. The Morgan fingerprint density at radius 3 is 2.58 bits per heavy atom. The molecule has 172 valence electrons. The number of benzene rings is 2. The summed E-state index contributed by atoms with van der Waals surface area (Å²) in [5, 5.41) is 13.4. The third-order valence-corrected chi connectivity index (χ3v) is 7.49. The monoisotopic (exact) mass is 466 g/mol. The summed E-state index contributed by atoms with van der Waals surface area (Å²) in [6, 6.07) is 12.8. The van der Waals surface area contributed by atoms with Crippen molar-refractivity contribution in [3.05, 3.63) is 60.0 Å². The Bertz CT molecular complexity index is 1370. The highest BCUT2D eigenvalue weighted by Crippen LogP contribution is 2.35. The molecule has 9 nitrogen and oxygen atoms in total. The van der Waals surface area contributed by atoms with Crippen LogP contribution in [0.4, 0.5) is 0 Å². The van der Waals surface area contributed by atoms with Crippen LogP contribution in [-0.2, 0) is 16.4 Å². The lowest BCUT2D eigenvalue weighted by atomic mass is 9.89. The van der Waals surface area contributed by atoms with Gasteiger partial charge in [-0.25, -0.2) is 8.42 Å². The van der Waals surface area contributed by atoms with Crippen LogP contribution in [0.2, 0.25) is 0 Å². The number of aromatic amines is 1. The predicted molar refractivity (Wildman–Crippen MR) is 124 cm³/mol. The van der Waals surface area contributed by atoms with Crippen LogP contribution in [0.15, 0.2) is 53.6 Å². The summed E-state index contributed by atoms with van der Waals surface area (Å²) < 4.78 is 30.5. The van der Waals surface area contributed by atoms with Crippen molar-refractivity contribution >= 4 is 20.7 Å². The van der Waals surface area contributed by atoms with E-state index in [1.165, 1.54) is 17.2 Å². The fraction of sp³-hybridized carbons (Fsp3) is 0.348. The van der Waals surface area contributed by atoms with Gasteiger partial charge in [-0.2, -0.15) is 4.68 Å². The van der Waals surface area contributed by atoms with Crippen molar-refractivity contribution in [2.24, 2.45) is 0 Å². The van der Waals surface area contributed by atoms with Gasteiger partial charge < -0.3 is 9.72 Å². The first-order valence-corrected chi connectivity index (χ1v) is 12.8. The number of sulfone groups is 1. The number of rotatable bonds is 6. The highest BCUT2D eigenvalue weighted by Gasteiger charge is 2.24. The number of fused-ring (bicyclic) bond motifs is 1. The Balaban J connectivity index is 1.27. The van der Waals surface area contributed by atoms with Gasteiger partial charge in [0.15, 0.2) is 15.7 Å². The largest absolute Gasteiger partial charge is 0.497 e. The van der Waals surface area contributed by atoms with E-state index in [4.69, 9.17) is 4.74 Å². The molecule has 1 aliphatic heterocycles. The SMILES string of the molecule is COc1ccc2[nH]cc(C3CCN(Cc4nnnn4-c4ccc(S(C)(=O)=O)cc4)CC3)c2c1. The molecule has 4 aromatic rings. The van der Waals surface area contributed by atoms with E-state index in [2.05, 4.69) is 43.7 Å². The van der Waals surface area contributed by atoms with Gasteiger partial charge in [0.1, 0.15) is 5.75 Å². The summed E-state index contributed by atoms with van der Waals surface area (Å²) in [5.74, 6) is 2.09. The van der Waals surface area contributed by atoms with Crippen LogP contribution >= 0.6 is 0 Å². The molecule has 1 N–H and O–H groups in total. The van der Waals surface area contributed by atoms with Crippen LogP contribution in [0.25, 0.3) is 16.6 Å². The number of nitrogens with one attached hydrogen (secondary N) is 1. The van der Waals surface area contributed by atoms with E-state index >= 15 is 0 Å². The van der Waals surface area contributed by atoms with E-state index < -0.39 is 9.84 Å². The molecule has 33 heavy (non-hydrogen) atoms. The van der Waals surface area contributed by atoms with Crippen molar-refractivity contribution in [2.75, 3.05) is 26.5 Å². The molecule has 0 spiro atoms. The van der Waals surface area contributed by atoms with Crippen molar-refractivity contribution in [3.8, 4) is 11.4 Å². The van der Waals surface area contributed by atoms with Gasteiger partial charge in [-0.3, -0.25) is 4.90 Å². The van der Waals surface area contributed by atoms with Crippen molar-refractivity contribution in [1.29, 1.82) is 0 Å². The van der Waals surface area contributed by atoms with Crippen molar-refractivity contribution < 1.29 is 13.2 Å². The van der Waals surface area contributed by atoms with Gasteiger partial charge >= 0.3 is 0 Å². The van der Waals surface area contributed by atoms with Gasteiger partial charge in [0.25, 0.3) is 0 Å². The molecule has 5 rings (SSSR count). The Hall–Kier alpha value is -3.24. The highest BCUT2D eigenvalue weighted by molar-refractivity contribution is 7.90. The Morgan fingerprint density at radius 1 is 1.12 bits per heavy atom. The first-order chi connectivity index (χ1) is 15.9. The molecule has 1 saturated heterocycles. The molecule has 0 unspecified atom stereocenters. The number of hydrogen-bond acceptors (Lipinski definition) is 7. The second-order valence-corrected chi connectivity index (χ2v) is 10.5. The number of ether oxygens (including phenoxy) is 1. The lowest BCUT2D eigenvalue weighted by Crippen LogP contribution is -2.33. The molecule has 0 saturated carbocycles. The molecule has 1 aliphatic rings. The fourth-order valence-corrected chi connectivity index (χ4v) is 5.16. The normalized spacial score (nSPS) is 15.8. The highest BCUT2D eigenvalue weighted by atomic mass is 32.2. The van der Waals surface area contributed by atoms with Crippen LogP contribution in [0.1, 0.15) is 30.1 Å². The topological polar surface area (TPSA) is 106 Å². The molecule has 0 amide bonds. The third kappa shape index (κ3) is 4.36. The van der Waals surface area contributed by atoms with Gasteiger partial charge in [0.05, 0.1) is 24.2 Å². The molecular formula is C23H26N6O3S. The number of piperidine rings is 1. The Labute approximate surface area is 192 Å². The minimum atomic E-state index is -3.24. The summed E-state index contributed by atoms with van der Waals surface area (Å²) in [5.41, 5.74) is 3.22. The second-order valence-electron chi connectivity index (χ2n) is 8.48. The summed E-state index contributed by atoms with van der Waals surface area (Å²) in [6.07, 6.45) is 5.43. The Kier molecular flexibility index (Phi) is 5.63. The molecule has 0 atom stereocenters. The van der Waals surface area contributed by atoms with E-state index in [1.807, 2.05) is 6.07 Å². The molecule has 2 aromatic carbocycles. The summed E-state index contributed by atoms with van der Waals surface area (Å²) >= 11 is 0. The predicted octanol–water partition coefficient (Wildman–Crippen LogP) is 2.94. The maximum Gasteiger partial charge on any atom is 0.175 e. The zero-order valence-electron chi connectivity index (χ0n) is 18.6. The molecule has 3 heterocycles. The van der Waals surface area contributed by atoms with Gasteiger partial charge in [0.2, 0.25) is 0 Å². The van der Waals surface area contributed by atoms with Crippen LogP contribution in [0.3, 0.4) is 0 Å². The number of hydrogen-bond donors (Lipinski definition) is 1. The average Bonchev–Trinajstić information content (AvgIpc) is 3.46. The molecular weight excluding hydrogens is 440 g/mol. The molecule has 1 fully saturated rings. The van der Waals surface area contributed by atoms with Gasteiger partial charge in [-0.1, -0.05) is 0 Å². The van der Waals surface area contributed by atoms with Gasteiger partial charge in [-0.15, -0.1) is 5.10 Å². The number of H-pyrrole nitrogens is 1. The first kappa shape index (κ1) is 21.6. The third-order valence-electron chi connectivity index (χ3n) is 6.36. The molecule has 10 heteroatoms. The minimum Gasteiger partial charge on any atom is -0.497 e. The average molecular weight is 467 g/mol. The van der Waals surface area contributed by atoms with Gasteiger partial charge in [-0.05, 0) is 90.3 Å². The lowest BCUT2D eigenvalue weighted by molar-refractivity contribution is 0.199. The lowest BCUT2D eigenvalue weighted by Gasteiger charge is -2.31. The molecule has 0 radical (unpaired) electrons. The smallest absolute Gasteiger partial charge is 0.175 e. The number of methoxy groups -OCH3 is 1. The van der Waals surface area contributed by atoms with Crippen molar-refractivity contribution in [1.82, 2.24) is 30.1 Å². The fourth-order valence-electron chi connectivity index (χ4n) is 4.53. The van der Waals surface area contributed by atoms with E-state index in [0.717, 1.165) is 48.7 Å². The van der Waals surface area contributed by atoms with E-state index in [-0.39, 0.29) is 4.90 Å². The van der Waals surface area contributed by atoms with Crippen LogP contribution in [0, 0.1) is 0 Å². The van der Waals surface area contributed by atoms with E-state index in [1.54, 1.807) is 36.1 Å². The van der Waals surface area contributed by atoms with Crippen molar-refractivity contribution in [3.63, 3.8) is 0 Å². The second kappa shape index (κ2) is 8.60. The minimum absolute atomic E-state index is 0.276. The Morgan fingerprint density at radius 2 is 1.88 bits per heavy atom. The van der Waals surface area contributed by atoms with E-state index in [0.29, 0.717) is 12.5 Å². The molecule has 0 bridgehead atoms. The number of likely N-dealkylation sites (tertiary alicyclic amines) is 1. The van der Waals surface area contributed by atoms with Crippen LogP contribution < -0.4 is 4.74 Å². The van der Waals surface area contributed by atoms with E-state index in [9.17, 15) is 8.42 Å². The first-order valence-electron chi connectivity index (χ1n) is 10.9. The number of aromatic nitrogens is 5. The molecule has 2 aromatic heterocycles. The summed E-state index contributed by atoms with van der Waals surface area (Å²) in [7, 11) is -1.55. The zero-order valence-corrected chi connectivity index (χ0v) is 19.4. The quantitative estimate of drug-likeness (QED) is 0.466. The number of tetrazole rings is 1. The number of nitrogens with zero attached hydrogens (tertiary/aromatic N) is 5. The van der Waals surface area contributed by atoms with Crippen LogP contribution in [-0.4, -0.2) is 65.0 Å².